The van der Waals surface area contributed by atoms with Crippen LogP contribution in [0.1, 0.15) is 12.0 Å². The summed E-state index contributed by atoms with van der Waals surface area (Å²) in [6, 6.07) is 5.72. The van der Waals surface area contributed by atoms with Crippen molar-refractivity contribution in [2.45, 2.75) is 12.8 Å². The summed E-state index contributed by atoms with van der Waals surface area (Å²) in [5.74, 6) is 1.46. The van der Waals surface area contributed by atoms with Crippen molar-refractivity contribution in [3.8, 4) is 11.5 Å². The molecule has 0 aromatic heterocycles. The number of methoxy groups -OCH3 is 2. The highest BCUT2D eigenvalue weighted by Crippen LogP contribution is 2.27. The molecule has 0 aliphatic carbocycles. The summed E-state index contributed by atoms with van der Waals surface area (Å²) in [7, 11) is 7.18. The number of ether oxygens (including phenoxy) is 2. The lowest BCUT2D eigenvalue weighted by Crippen LogP contribution is -2.31. The second-order valence-electron chi connectivity index (χ2n) is 4.84. The number of amides is 1. The fraction of sp³-hybridized carbons (Fsp3) is 0.533. The normalized spacial score (nSPS) is 10.4. The second-order valence-corrected chi connectivity index (χ2v) is 4.84. The van der Waals surface area contributed by atoms with E-state index in [2.05, 4.69) is 5.32 Å². The number of carbonyl (C=O) groups is 1. The molecule has 20 heavy (non-hydrogen) atoms. The van der Waals surface area contributed by atoms with E-state index in [1.54, 1.807) is 14.2 Å². The minimum Gasteiger partial charge on any atom is -0.493 e. The molecule has 0 unspecified atom stereocenters. The van der Waals surface area contributed by atoms with E-state index >= 15 is 0 Å². The van der Waals surface area contributed by atoms with Crippen LogP contribution < -0.4 is 14.8 Å². The lowest BCUT2D eigenvalue weighted by atomic mass is 10.1. The lowest BCUT2D eigenvalue weighted by molar-refractivity contribution is -0.121. The topological polar surface area (TPSA) is 50.8 Å². The molecule has 0 saturated heterocycles. The Bertz CT molecular complexity index is 433. The van der Waals surface area contributed by atoms with Gasteiger partial charge in [-0.25, -0.2) is 0 Å². The average Bonchev–Trinajstić information content (AvgIpc) is 2.44. The maximum atomic E-state index is 11.7. The number of likely N-dealkylation sites (N-methyl/N-ethyl adjacent to an activating group) is 1. The molecule has 112 valence electrons. The molecule has 0 atom stereocenters. The predicted octanol–water partition coefficient (Wildman–Crippen LogP) is 1.31. The fourth-order valence-corrected chi connectivity index (χ4v) is 1.80. The number of nitrogens with one attached hydrogen (secondary N) is 1. The zero-order chi connectivity index (χ0) is 15.0. The highest BCUT2D eigenvalue weighted by atomic mass is 16.5. The monoisotopic (exact) mass is 280 g/mol. The summed E-state index contributed by atoms with van der Waals surface area (Å²) in [5.41, 5.74) is 1.06. The highest BCUT2D eigenvalue weighted by Gasteiger charge is 2.06. The SMILES string of the molecule is COc1ccc(CCC(=O)NCCN(C)C)cc1OC. The number of rotatable bonds is 8. The molecule has 1 rings (SSSR count). The van der Waals surface area contributed by atoms with Gasteiger partial charge in [0.25, 0.3) is 0 Å². The van der Waals surface area contributed by atoms with Crippen molar-refractivity contribution in [1.29, 1.82) is 0 Å². The van der Waals surface area contributed by atoms with Crippen molar-refractivity contribution >= 4 is 5.91 Å². The molecule has 0 spiro atoms. The Hall–Kier alpha value is -1.75. The Balaban J connectivity index is 2.43. The molecule has 0 heterocycles. The van der Waals surface area contributed by atoms with E-state index in [-0.39, 0.29) is 5.91 Å². The summed E-state index contributed by atoms with van der Waals surface area (Å²) in [5, 5.41) is 2.90. The van der Waals surface area contributed by atoms with Gasteiger partial charge in [0.05, 0.1) is 14.2 Å². The Kier molecular flexibility index (Phi) is 6.87. The zero-order valence-corrected chi connectivity index (χ0v) is 12.7. The van der Waals surface area contributed by atoms with Gasteiger partial charge in [-0.3, -0.25) is 4.79 Å². The van der Waals surface area contributed by atoms with Crippen molar-refractivity contribution < 1.29 is 14.3 Å². The van der Waals surface area contributed by atoms with Gasteiger partial charge in [-0.15, -0.1) is 0 Å². The smallest absolute Gasteiger partial charge is 0.220 e. The maximum Gasteiger partial charge on any atom is 0.220 e. The van der Waals surface area contributed by atoms with Crippen molar-refractivity contribution in [1.82, 2.24) is 10.2 Å². The first-order valence-electron chi connectivity index (χ1n) is 6.69. The minimum absolute atomic E-state index is 0.0710. The molecule has 0 fully saturated rings. The summed E-state index contributed by atoms with van der Waals surface area (Å²) < 4.78 is 10.4. The molecule has 1 N–H and O–H groups in total. The predicted molar refractivity (Wildman–Crippen MR) is 79.4 cm³/mol. The van der Waals surface area contributed by atoms with E-state index in [1.165, 1.54) is 0 Å². The molecule has 0 aliphatic rings. The van der Waals surface area contributed by atoms with Crippen LogP contribution in [-0.4, -0.2) is 52.2 Å². The van der Waals surface area contributed by atoms with Gasteiger partial charge < -0.3 is 19.7 Å². The van der Waals surface area contributed by atoms with Crippen LogP contribution in [0.25, 0.3) is 0 Å². The largest absolute Gasteiger partial charge is 0.493 e. The average molecular weight is 280 g/mol. The molecule has 0 saturated carbocycles. The third-order valence-corrected chi connectivity index (χ3v) is 2.97. The summed E-state index contributed by atoms with van der Waals surface area (Å²) in [4.78, 5) is 13.7. The molecule has 5 heteroatoms. The maximum absolute atomic E-state index is 11.7. The summed E-state index contributed by atoms with van der Waals surface area (Å²) in [6.07, 6.45) is 1.16. The van der Waals surface area contributed by atoms with Gasteiger partial charge in [0.2, 0.25) is 5.91 Å². The first-order valence-corrected chi connectivity index (χ1v) is 6.69. The van der Waals surface area contributed by atoms with Crippen molar-refractivity contribution in [2.24, 2.45) is 0 Å². The number of carbonyl (C=O) groups excluding carboxylic acids is 1. The Morgan fingerprint density at radius 3 is 2.50 bits per heavy atom. The third-order valence-electron chi connectivity index (χ3n) is 2.97. The Morgan fingerprint density at radius 2 is 1.90 bits per heavy atom. The zero-order valence-electron chi connectivity index (χ0n) is 12.7. The second kappa shape index (κ2) is 8.43. The fourth-order valence-electron chi connectivity index (χ4n) is 1.80. The van der Waals surface area contributed by atoms with E-state index < -0.39 is 0 Å². The van der Waals surface area contributed by atoms with Gasteiger partial charge >= 0.3 is 0 Å². The van der Waals surface area contributed by atoms with Crippen LogP contribution in [0.3, 0.4) is 0 Å². The molecule has 1 aromatic rings. The standard InChI is InChI=1S/C15H24N2O3/c1-17(2)10-9-16-15(18)8-6-12-5-7-13(19-3)14(11-12)20-4/h5,7,11H,6,8-10H2,1-4H3,(H,16,18). The number of benzene rings is 1. The molecule has 1 amide bonds. The summed E-state index contributed by atoms with van der Waals surface area (Å²) in [6.45, 7) is 1.53. The van der Waals surface area contributed by atoms with Gasteiger partial charge in [-0.2, -0.15) is 0 Å². The van der Waals surface area contributed by atoms with Crippen molar-refractivity contribution in [3.05, 3.63) is 23.8 Å². The van der Waals surface area contributed by atoms with Crippen LogP contribution in [0, 0.1) is 0 Å². The van der Waals surface area contributed by atoms with Gasteiger partial charge in [-0.05, 0) is 38.2 Å². The number of nitrogens with zero attached hydrogens (tertiary/aromatic N) is 1. The van der Waals surface area contributed by atoms with Gasteiger partial charge in [0, 0.05) is 19.5 Å². The number of hydrogen-bond acceptors (Lipinski definition) is 4. The lowest BCUT2D eigenvalue weighted by Gasteiger charge is -2.11. The summed E-state index contributed by atoms with van der Waals surface area (Å²) >= 11 is 0. The van der Waals surface area contributed by atoms with E-state index in [1.807, 2.05) is 37.2 Å². The van der Waals surface area contributed by atoms with Crippen molar-refractivity contribution in [2.75, 3.05) is 41.4 Å². The first kappa shape index (κ1) is 16.3. The molecular formula is C15H24N2O3. The molecule has 0 aliphatic heterocycles. The van der Waals surface area contributed by atoms with Crippen LogP contribution >= 0.6 is 0 Å². The van der Waals surface area contributed by atoms with Gasteiger partial charge in [0.1, 0.15) is 0 Å². The highest BCUT2D eigenvalue weighted by molar-refractivity contribution is 5.76. The van der Waals surface area contributed by atoms with E-state index in [0.717, 1.165) is 12.1 Å². The minimum atomic E-state index is 0.0710. The Morgan fingerprint density at radius 1 is 1.20 bits per heavy atom. The van der Waals surface area contributed by atoms with Crippen LogP contribution in [0.5, 0.6) is 11.5 Å². The molecule has 0 radical (unpaired) electrons. The van der Waals surface area contributed by atoms with E-state index in [4.69, 9.17) is 9.47 Å². The first-order chi connectivity index (χ1) is 9.56. The van der Waals surface area contributed by atoms with E-state index in [9.17, 15) is 4.79 Å². The Labute approximate surface area is 120 Å². The van der Waals surface area contributed by atoms with Crippen LogP contribution in [0.15, 0.2) is 18.2 Å². The molecule has 0 bridgehead atoms. The molecular weight excluding hydrogens is 256 g/mol. The van der Waals surface area contributed by atoms with E-state index in [0.29, 0.717) is 30.9 Å². The van der Waals surface area contributed by atoms with Crippen molar-refractivity contribution in [3.63, 3.8) is 0 Å². The molecule has 5 nitrogen and oxygen atoms in total. The number of hydrogen-bond donors (Lipinski definition) is 1. The van der Waals surface area contributed by atoms with Crippen LogP contribution in [0.2, 0.25) is 0 Å². The van der Waals surface area contributed by atoms with Crippen LogP contribution in [0.4, 0.5) is 0 Å². The van der Waals surface area contributed by atoms with Crippen LogP contribution in [-0.2, 0) is 11.2 Å². The number of aryl methyl sites for hydroxylation is 1. The molecule has 1 aromatic carbocycles. The van der Waals surface area contributed by atoms with Gasteiger partial charge in [-0.1, -0.05) is 6.07 Å². The quantitative estimate of drug-likeness (QED) is 0.780. The van der Waals surface area contributed by atoms with Gasteiger partial charge in [0.15, 0.2) is 11.5 Å². The third kappa shape index (κ3) is 5.48.